The van der Waals surface area contributed by atoms with E-state index in [9.17, 15) is 8.42 Å². The summed E-state index contributed by atoms with van der Waals surface area (Å²) in [6.45, 7) is 6.91. The molecular weight excluding hydrogens is 288 g/mol. The van der Waals surface area contributed by atoms with E-state index in [0.717, 1.165) is 19.3 Å². The van der Waals surface area contributed by atoms with Crippen molar-refractivity contribution in [3.8, 4) is 5.75 Å². The van der Waals surface area contributed by atoms with Crippen LogP contribution in [-0.4, -0.2) is 27.1 Å². The molecule has 6 heteroatoms. The molecule has 0 unspecified atom stereocenters. The van der Waals surface area contributed by atoms with Gasteiger partial charge in [-0.3, -0.25) is 0 Å². The number of nitrogens with one attached hydrogen (secondary N) is 1. The van der Waals surface area contributed by atoms with Gasteiger partial charge in [-0.15, -0.1) is 0 Å². The zero-order valence-corrected chi connectivity index (χ0v) is 13.9. The van der Waals surface area contributed by atoms with Gasteiger partial charge in [-0.2, -0.15) is 0 Å². The van der Waals surface area contributed by atoms with Crippen LogP contribution in [0.15, 0.2) is 29.2 Å². The van der Waals surface area contributed by atoms with Crippen molar-refractivity contribution in [2.75, 3.05) is 13.2 Å². The van der Waals surface area contributed by atoms with Gasteiger partial charge in [0.25, 0.3) is 0 Å². The lowest BCUT2D eigenvalue weighted by atomic mass is 10.0. The summed E-state index contributed by atoms with van der Waals surface area (Å²) >= 11 is 0. The smallest absolute Gasteiger partial charge is 0.241 e. The van der Waals surface area contributed by atoms with E-state index in [1.54, 1.807) is 24.3 Å². The highest BCUT2D eigenvalue weighted by atomic mass is 32.2. The molecule has 0 aliphatic heterocycles. The summed E-state index contributed by atoms with van der Waals surface area (Å²) in [6, 6.07) is 6.44. The van der Waals surface area contributed by atoms with E-state index in [0.29, 0.717) is 18.9 Å². The molecule has 120 valence electrons. The molecular formula is C15H26N2O3S. The first-order valence-electron chi connectivity index (χ1n) is 7.27. The fraction of sp³-hybridized carbons (Fsp3) is 0.600. The number of hydrogen-bond donors (Lipinski definition) is 2. The van der Waals surface area contributed by atoms with Gasteiger partial charge in [0.2, 0.25) is 10.0 Å². The van der Waals surface area contributed by atoms with Gasteiger partial charge in [-0.05, 0) is 57.5 Å². The van der Waals surface area contributed by atoms with Crippen LogP contribution in [0.1, 0.15) is 40.0 Å². The first-order valence-corrected chi connectivity index (χ1v) is 8.76. The van der Waals surface area contributed by atoms with Crippen molar-refractivity contribution in [1.29, 1.82) is 0 Å². The zero-order chi connectivity index (χ0) is 15.9. The molecule has 0 bridgehead atoms. The maximum Gasteiger partial charge on any atom is 0.241 e. The van der Waals surface area contributed by atoms with Crippen molar-refractivity contribution in [1.82, 2.24) is 4.72 Å². The number of hydrogen-bond acceptors (Lipinski definition) is 4. The van der Waals surface area contributed by atoms with Gasteiger partial charge in [-0.25, -0.2) is 13.1 Å². The standard InChI is InChI=1S/C15H26N2O3S/c1-4-10-15(2,3)17-21(18,19)14-8-6-13(7-9-14)20-12-5-11-16/h6-9,17H,4-5,10-12,16H2,1-3H3. The average Bonchev–Trinajstić information content (AvgIpc) is 2.38. The molecule has 0 spiro atoms. The number of benzene rings is 1. The largest absolute Gasteiger partial charge is 0.494 e. The fourth-order valence-corrected chi connectivity index (χ4v) is 3.53. The summed E-state index contributed by atoms with van der Waals surface area (Å²) in [5.74, 6) is 0.648. The Balaban J connectivity index is 2.75. The Hall–Kier alpha value is -1.11. The van der Waals surface area contributed by atoms with Gasteiger partial charge in [0.05, 0.1) is 11.5 Å². The third-order valence-corrected chi connectivity index (χ3v) is 4.75. The molecule has 1 aromatic rings. The number of ether oxygens (including phenoxy) is 1. The van der Waals surface area contributed by atoms with E-state index < -0.39 is 15.6 Å². The summed E-state index contributed by atoms with van der Waals surface area (Å²) in [6.07, 6.45) is 2.47. The van der Waals surface area contributed by atoms with Crippen LogP contribution in [-0.2, 0) is 10.0 Å². The van der Waals surface area contributed by atoms with Crippen LogP contribution in [0.2, 0.25) is 0 Å². The Labute approximate surface area is 127 Å². The molecule has 0 radical (unpaired) electrons. The SMILES string of the molecule is CCCC(C)(C)NS(=O)(=O)c1ccc(OCCCN)cc1. The van der Waals surface area contributed by atoms with Gasteiger partial charge in [-0.1, -0.05) is 13.3 Å². The highest BCUT2D eigenvalue weighted by molar-refractivity contribution is 7.89. The fourth-order valence-electron chi connectivity index (χ4n) is 2.09. The summed E-state index contributed by atoms with van der Waals surface area (Å²) in [7, 11) is -3.51. The second kappa shape index (κ2) is 7.77. The number of sulfonamides is 1. The molecule has 0 aliphatic carbocycles. The average molecular weight is 314 g/mol. The van der Waals surface area contributed by atoms with Crippen molar-refractivity contribution in [3.05, 3.63) is 24.3 Å². The van der Waals surface area contributed by atoms with Crippen LogP contribution in [0.5, 0.6) is 5.75 Å². The number of rotatable bonds is 9. The Morgan fingerprint density at radius 2 is 1.86 bits per heavy atom. The van der Waals surface area contributed by atoms with Gasteiger partial charge in [0.1, 0.15) is 5.75 Å². The Bertz CT molecular complexity index is 524. The minimum Gasteiger partial charge on any atom is -0.494 e. The summed E-state index contributed by atoms with van der Waals surface area (Å²) in [4.78, 5) is 0.248. The molecule has 0 saturated heterocycles. The molecule has 0 aromatic heterocycles. The Morgan fingerprint density at radius 1 is 1.24 bits per heavy atom. The lowest BCUT2D eigenvalue weighted by Gasteiger charge is -2.25. The molecule has 0 heterocycles. The lowest BCUT2D eigenvalue weighted by molar-refractivity contribution is 0.313. The quantitative estimate of drug-likeness (QED) is 0.685. The van der Waals surface area contributed by atoms with Gasteiger partial charge in [0, 0.05) is 5.54 Å². The van der Waals surface area contributed by atoms with Gasteiger partial charge < -0.3 is 10.5 Å². The van der Waals surface area contributed by atoms with Crippen LogP contribution in [0, 0.1) is 0 Å². The second-order valence-corrected chi connectivity index (χ2v) is 7.38. The minimum atomic E-state index is -3.51. The Morgan fingerprint density at radius 3 is 2.38 bits per heavy atom. The molecule has 0 aliphatic rings. The van der Waals surface area contributed by atoms with Crippen molar-refractivity contribution in [2.45, 2.75) is 50.5 Å². The van der Waals surface area contributed by atoms with E-state index in [-0.39, 0.29) is 4.90 Å². The van der Waals surface area contributed by atoms with Gasteiger partial charge in [0.15, 0.2) is 0 Å². The molecule has 1 rings (SSSR count). The molecule has 0 amide bonds. The normalized spacial score (nSPS) is 12.4. The predicted molar refractivity (Wildman–Crippen MR) is 84.9 cm³/mol. The maximum absolute atomic E-state index is 12.3. The van der Waals surface area contributed by atoms with E-state index in [4.69, 9.17) is 10.5 Å². The monoisotopic (exact) mass is 314 g/mol. The first-order chi connectivity index (χ1) is 9.80. The van der Waals surface area contributed by atoms with Gasteiger partial charge >= 0.3 is 0 Å². The third kappa shape index (κ3) is 6.03. The van der Waals surface area contributed by atoms with Crippen LogP contribution in [0.3, 0.4) is 0 Å². The predicted octanol–water partition coefficient (Wildman–Crippen LogP) is 2.27. The summed E-state index contributed by atoms with van der Waals surface area (Å²) in [5, 5.41) is 0. The van der Waals surface area contributed by atoms with E-state index in [2.05, 4.69) is 4.72 Å². The molecule has 1 aromatic carbocycles. The van der Waals surface area contributed by atoms with Crippen molar-refractivity contribution in [3.63, 3.8) is 0 Å². The van der Waals surface area contributed by atoms with Crippen LogP contribution < -0.4 is 15.2 Å². The molecule has 5 nitrogen and oxygen atoms in total. The molecule has 21 heavy (non-hydrogen) atoms. The van der Waals surface area contributed by atoms with Crippen LogP contribution >= 0.6 is 0 Å². The third-order valence-electron chi connectivity index (χ3n) is 3.04. The maximum atomic E-state index is 12.3. The summed E-state index contributed by atoms with van der Waals surface area (Å²) in [5.41, 5.74) is 4.94. The first kappa shape index (κ1) is 17.9. The molecule has 0 fully saturated rings. The highest BCUT2D eigenvalue weighted by Crippen LogP contribution is 2.19. The van der Waals surface area contributed by atoms with Crippen LogP contribution in [0.4, 0.5) is 0 Å². The zero-order valence-electron chi connectivity index (χ0n) is 13.1. The second-order valence-electron chi connectivity index (χ2n) is 5.70. The number of nitrogens with two attached hydrogens (primary N) is 1. The van der Waals surface area contributed by atoms with Crippen LogP contribution in [0.25, 0.3) is 0 Å². The molecule has 0 atom stereocenters. The van der Waals surface area contributed by atoms with E-state index >= 15 is 0 Å². The van der Waals surface area contributed by atoms with Crippen molar-refractivity contribution >= 4 is 10.0 Å². The van der Waals surface area contributed by atoms with E-state index in [1.165, 1.54) is 0 Å². The summed E-state index contributed by atoms with van der Waals surface area (Å²) < 4.78 is 32.8. The topological polar surface area (TPSA) is 81.4 Å². The molecule has 3 N–H and O–H groups in total. The highest BCUT2D eigenvalue weighted by Gasteiger charge is 2.25. The lowest BCUT2D eigenvalue weighted by Crippen LogP contribution is -2.43. The van der Waals surface area contributed by atoms with Crippen molar-refractivity contribution in [2.24, 2.45) is 5.73 Å². The van der Waals surface area contributed by atoms with Crippen molar-refractivity contribution < 1.29 is 13.2 Å². The van der Waals surface area contributed by atoms with E-state index in [1.807, 2.05) is 20.8 Å². The Kier molecular flexibility index (Phi) is 6.64. The minimum absolute atomic E-state index is 0.248. The molecule has 0 saturated carbocycles.